The number of amides is 1. The van der Waals surface area contributed by atoms with Gasteiger partial charge in [0.25, 0.3) is 5.91 Å². The van der Waals surface area contributed by atoms with E-state index in [-0.39, 0.29) is 11.8 Å². The topological polar surface area (TPSA) is 66.4 Å². The number of carbonyl (C=O) groups is 2. The molecule has 0 radical (unpaired) electrons. The second-order valence-electron chi connectivity index (χ2n) is 4.90. The second kappa shape index (κ2) is 5.96. The molecule has 0 unspecified atom stereocenters. The maximum Gasteiger partial charge on any atom is 0.326 e. The van der Waals surface area contributed by atoms with Crippen molar-refractivity contribution in [2.45, 2.75) is 32.1 Å². The van der Waals surface area contributed by atoms with Crippen molar-refractivity contribution in [3.05, 3.63) is 21.4 Å². The van der Waals surface area contributed by atoms with Crippen molar-refractivity contribution < 1.29 is 14.7 Å². The monoisotopic (exact) mass is 299 g/mol. The third kappa shape index (κ3) is 3.30. The average Bonchev–Trinajstić information content (AvgIpc) is 2.78. The Morgan fingerprint density at radius 2 is 2.16 bits per heavy atom. The lowest BCUT2D eigenvalue weighted by Crippen LogP contribution is -2.44. The van der Waals surface area contributed by atoms with E-state index in [0.29, 0.717) is 4.88 Å². The highest BCUT2D eigenvalue weighted by molar-refractivity contribution is 7.98. The van der Waals surface area contributed by atoms with Gasteiger partial charge in [0.2, 0.25) is 0 Å². The number of hydrogen-bond acceptors (Lipinski definition) is 4. The minimum absolute atomic E-state index is 0.133. The summed E-state index contributed by atoms with van der Waals surface area (Å²) in [7, 11) is 0. The first-order valence-corrected chi connectivity index (χ1v) is 8.19. The van der Waals surface area contributed by atoms with Gasteiger partial charge in [-0.2, -0.15) is 11.8 Å². The Hall–Kier alpha value is -1.01. The van der Waals surface area contributed by atoms with Crippen LogP contribution in [0.2, 0.25) is 0 Å². The van der Waals surface area contributed by atoms with E-state index in [9.17, 15) is 9.59 Å². The van der Waals surface area contributed by atoms with Gasteiger partial charge >= 0.3 is 5.97 Å². The van der Waals surface area contributed by atoms with Gasteiger partial charge in [-0.1, -0.05) is 13.8 Å². The highest BCUT2D eigenvalue weighted by atomic mass is 32.2. The zero-order chi connectivity index (χ0) is 14.0. The van der Waals surface area contributed by atoms with E-state index < -0.39 is 12.0 Å². The van der Waals surface area contributed by atoms with Gasteiger partial charge in [0.05, 0.1) is 4.88 Å². The highest BCUT2D eigenvalue weighted by Crippen LogP contribution is 2.31. The summed E-state index contributed by atoms with van der Waals surface area (Å²) in [6.45, 7) is 3.57. The van der Waals surface area contributed by atoms with Crippen molar-refractivity contribution in [1.29, 1.82) is 0 Å². The molecular formula is C13H17NO3S2. The second-order valence-corrected chi connectivity index (χ2v) is 7.14. The molecule has 4 nitrogen and oxygen atoms in total. The van der Waals surface area contributed by atoms with Crippen molar-refractivity contribution in [2.24, 2.45) is 5.92 Å². The Kier molecular flexibility index (Phi) is 4.52. The van der Waals surface area contributed by atoms with E-state index >= 15 is 0 Å². The molecule has 1 aromatic heterocycles. The third-order valence-corrected chi connectivity index (χ3v) is 5.31. The van der Waals surface area contributed by atoms with Gasteiger partial charge in [-0.05, 0) is 29.7 Å². The number of nitrogens with one attached hydrogen (secondary N) is 1. The molecule has 2 N–H and O–H groups in total. The Labute approximate surface area is 120 Å². The van der Waals surface area contributed by atoms with Gasteiger partial charge in [0.1, 0.15) is 6.04 Å². The van der Waals surface area contributed by atoms with Gasteiger partial charge in [0, 0.05) is 10.6 Å². The Bertz CT molecular complexity index is 473. The van der Waals surface area contributed by atoms with Gasteiger partial charge in [0.15, 0.2) is 0 Å². The van der Waals surface area contributed by atoms with Crippen LogP contribution in [-0.4, -0.2) is 28.8 Å². The first kappa shape index (κ1) is 14.4. The molecule has 1 amide bonds. The first-order valence-electron chi connectivity index (χ1n) is 6.22. The van der Waals surface area contributed by atoms with Gasteiger partial charge in [-0.25, -0.2) is 4.79 Å². The number of rotatable bonds is 4. The highest BCUT2D eigenvalue weighted by Gasteiger charge is 2.25. The van der Waals surface area contributed by atoms with Crippen LogP contribution < -0.4 is 5.32 Å². The molecule has 1 aliphatic heterocycles. The first-order chi connectivity index (χ1) is 8.99. The summed E-state index contributed by atoms with van der Waals surface area (Å²) in [5.74, 6) is 0.654. The minimum Gasteiger partial charge on any atom is -0.480 e. The van der Waals surface area contributed by atoms with Crippen LogP contribution in [0, 0.1) is 5.92 Å². The molecule has 19 heavy (non-hydrogen) atoms. The van der Waals surface area contributed by atoms with E-state index in [1.54, 1.807) is 13.8 Å². The predicted octanol–water partition coefficient (Wildman–Crippen LogP) is 2.38. The number of thiophene rings is 1. The van der Waals surface area contributed by atoms with E-state index in [1.165, 1.54) is 21.8 Å². The van der Waals surface area contributed by atoms with Gasteiger partial charge in [-0.3, -0.25) is 4.79 Å². The molecule has 0 aromatic carbocycles. The van der Waals surface area contributed by atoms with Crippen molar-refractivity contribution >= 4 is 35.0 Å². The molecule has 1 atom stereocenters. The number of fused-ring (bicyclic) bond motifs is 1. The summed E-state index contributed by atoms with van der Waals surface area (Å²) in [5, 5.41) is 11.7. The number of aliphatic carboxylic acids is 1. The molecule has 0 bridgehead atoms. The van der Waals surface area contributed by atoms with Gasteiger partial charge < -0.3 is 10.4 Å². The van der Waals surface area contributed by atoms with E-state index in [0.717, 1.165) is 17.9 Å². The Morgan fingerprint density at radius 1 is 1.42 bits per heavy atom. The van der Waals surface area contributed by atoms with Crippen LogP contribution >= 0.6 is 23.1 Å². The van der Waals surface area contributed by atoms with E-state index in [4.69, 9.17) is 5.11 Å². The molecule has 0 spiro atoms. The SMILES string of the molecule is CC(C)[C@@H](NC(=O)c1cc2c(s1)CCSC2)C(=O)O. The summed E-state index contributed by atoms with van der Waals surface area (Å²) in [4.78, 5) is 25.1. The van der Waals surface area contributed by atoms with Crippen LogP contribution in [0.3, 0.4) is 0 Å². The zero-order valence-electron chi connectivity index (χ0n) is 10.9. The summed E-state index contributed by atoms with van der Waals surface area (Å²) < 4.78 is 0. The van der Waals surface area contributed by atoms with Crippen molar-refractivity contribution in [3.8, 4) is 0 Å². The Balaban J connectivity index is 2.11. The summed E-state index contributed by atoms with van der Waals surface area (Å²) in [6, 6.07) is 1.07. The quantitative estimate of drug-likeness (QED) is 0.896. The lowest BCUT2D eigenvalue weighted by molar-refractivity contribution is -0.140. The average molecular weight is 299 g/mol. The maximum absolute atomic E-state index is 12.1. The summed E-state index contributed by atoms with van der Waals surface area (Å²) in [5.41, 5.74) is 1.22. The molecule has 2 rings (SSSR count). The van der Waals surface area contributed by atoms with Crippen LogP contribution in [0.25, 0.3) is 0 Å². The van der Waals surface area contributed by atoms with Crippen LogP contribution in [0.1, 0.15) is 34.0 Å². The van der Waals surface area contributed by atoms with Gasteiger partial charge in [-0.15, -0.1) is 11.3 Å². The normalized spacial score (nSPS) is 15.9. The fraction of sp³-hybridized carbons (Fsp3) is 0.538. The number of carboxylic acids is 1. The van der Waals surface area contributed by atoms with Crippen molar-refractivity contribution in [3.63, 3.8) is 0 Å². The molecule has 0 saturated carbocycles. The molecule has 0 saturated heterocycles. The van der Waals surface area contributed by atoms with Crippen LogP contribution in [-0.2, 0) is 17.0 Å². The molecule has 1 aromatic rings. The number of hydrogen-bond donors (Lipinski definition) is 2. The number of carboxylic acid groups (broad SMARTS) is 1. The molecule has 6 heteroatoms. The van der Waals surface area contributed by atoms with Crippen LogP contribution in [0.4, 0.5) is 0 Å². The lowest BCUT2D eigenvalue weighted by atomic mass is 10.0. The number of thioether (sulfide) groups is 1. The Morgan fingerprint density at radius 3 is 2.74 bits per heavy atom. The fourth-order valence-electron chi connectivity index (χ4n) is 1.99. The van der Waals surface area contributed by atoms with Crippen molar-refractivity contribution in [1.82, 2.24) is 5.32 Å². The summed E-state index contributed by atoms with van der Waals surface area (Å²) >= 11 is 3.36. The zero-order valence-corrected chi connectivity index (χ0v) is 12.6. The van der Waals surface area contributed by atoms with E-state index in [1.807, 2.05) is 17.8 Å². The maximum atomic E-state index is 12.1. The smallest absolute Gasteiger partial charge is 0.326 e. The lowest BCUT2D eigenvalue weighted by Gasteiger charge is -2.17. The molecule has 0 aliphatic carbocycles. The largest absolute Gasteiger partial charge is 0.480 e. The number of aryl methyl sites for hydroxylation is 1. The molecule has 104 valence electrons. The molecule has 0 fully saturated rings. The third-order valence-electron chi connectivity index (χ3n) is 3.07. The minimum atomic E-state index is -0.986. The van der Waals surface area contributed by atoms with Crippen LogP contribution in [0.5, 0.6) is 0 Å². The fourth-order valence-corrected chi connectivity index (χ4v) is 4.26. The summed E-state index contributed by atoms with van der Waals surface area (Å²) in [6.07, 6.45) is 1.00. The van der Waals surface area contributed by atoms with Crippen LogP contribution in [0.15, 0.2) is 6.07 Å². The predicted molar refractivity (Wildman–Crippen MR) is 77.9 cm³/mol. The van der Waals surface area contributed by atoms with E-state index in [2.05, 4.69) is 5.32 Å². The molecule has 1 aliphatic rings. The molecule has 2 heterocycles. The molecular weight excluding hydrogens is 282 g/mol. The van der Waals surface area contributed by atoms with Crippen molar-refractivity contribution in [2.75, 3.05) is 5.75 Å². The number of carbonyl (C=O) groups excluding carboxylic acids is 1. The standard InChI is InChI=1S/C13H17NO3S2/c1-7(2)11(13(16)17)14-12(15)10-5-8-6-18-4-3-9(8)19-10/h5,7,11H,3-4,6H2,1-2H3,(H,14,15)(H,16,17)/t11-/m1/s1.